The van der Waals surface area contributed by atoms with Crippen LogP contribution in [0.1, 0.15) is 70.3 Å². The van der Waals surface area contributed by atoms with E-state index in [0.29, 0.717) is 43.3 Å². The number of piperidine rings is 1. The molecule has 0 atom stereocenters. The molecule has 4 aromatic rings. The minimum Gasteiger partial charge on any atom is -0.444 e. The Hall–Kier alpha value is -4.09. The summed E-state index contributed by atoms with van der Waals surface area (Å²) in [4.78, 5) is 16.3. The van der Waals surface area contributed by atoms with Crippen LogP contribution in [0.15, 0.2) is 48.9 Å². The standard InChI is InChI=1S/C35H42F3N7O2/c1-23-16-34(17-23,18-30-40-39-22-42(30)5)24-7-6-8-25(13-24)45-19-27-28(35(36,37)38)14-26(15-29(27)41-45)44-20-33(21-44)9-11-43(12-10-33)31(46)47-32(2,3)4/h6-8,13-15,19,22-23H,9-12,16-18,20-21H2,1-5H3/t23-,34-. The topological polar surface area (TPSA) is 81.3 Å². The summed E-state index contributed by atoms with van der Waals surface area (Å²) in [6.07, 6.45) is 2.70. The van der Waals surface area contributed by atoms with Gasteiger partial charge in [-0.2, -0.15) is 18.3 Å². The zero-order chi connectivity index (χ0) is 33.4. The number of fused-ring (bicyclic) bond motifs is 1. The maximum atomic E-state index is 14.5. The monoisotopic (exact) mass is 649 g/mol. The molecule has 250 valence electrons. The first-order valence-corrected chi connectivity index (χ1v) is 16.4. The Morgan fingerprint density at radius 3 is 2.38 bits per heavy atom. The Morgan fingerprint density at radius 2 is 1.77 bits per heavy atom. The lowest BCUT2D eigenvalue weighted by molar-refractivity contribution is -0.136. The number of ether oxygens (including phenoxy) is 1. The molecular formula is C35H42F3N7O2. The van der Waals surface area contributed by atoms with Crippen LogP contribution in [-0.4, -0.2) is 67.3 Å². The lowest BCUT2D eigenvalue weighted by atomic mass is 9.57. The molecule has 1 amide bonds. The van der Waals surface area contributed by atoms with E-state index in [1.54, 1.807) is 22.0 Å². The number of halogens is 3. The Labute approximate surface area is 272 Å². The Bertz CT molecular complexity index is 1800. The molecule has 0 radical (unpaired) electrons. The predicted octanol–water partition coefficient (Wildman–Crippen LogP) is 6.92. The number of rotatable bonds is 5. The lowest BCUT2D eigenvalue weighted by Gasteiger charge is -2.55. The normalized spacial score (nSPS) is 22.8. The zero-order valence-electron chi connectivity index (χ0n) is 27.6. The Kier molecular flexibility index (Phi) is 7.36. The van der Waals surface area contributed by atoms with Gasteiger partial charge in [0.2, 0.25) is 0 Å². The molecule has 1 aliphatic carbocycles. The van der Waals surface area contributed by atoms with Gasteiger partial charge in [0.1, 0.15) is 17.8 Å². The summed E-state index contributed by atoms with van der Waals surface area (Å²) in [5.41, 5.74) is 1.33. The highest BCUT2D eigenvalue weighted by Crippen LogP contribution is 2.50. The third kappa shape index (κ3) is 5.95. The molecule has 3 fully saturated rings. The van der Waals surface area contributed by atoms with Gasteiger partial charge in [-0.15, -0.1) is 10.2 Å². The molecule has 12 heteroatoms. The first-order chi connectivity index (χ1) is 22.1. The van der Waals surface area contributed by atoms with Crippen molar-refractivity contribution in [2.24, 2.45) is 18.4 Å². The molecule has 0 bridgehead atoms. The number of alkyl halides is 3. The number of anilines is 1. The van der Waals surface area contributed by atoms with Crippen molar-refractivity contribution in [3.05, 3.63) is 65.9 Å². The fourth-order valence-electron chi connectivity index (χ4n) is 7.91. The van der Waals surface area contributed by atoms with E-state index < -0.39 is 17.3 Å². The largest absolute Gasteiger partial charge is 0.444 e. The number of hydrogen-bond donors (Lipinski definition) is 0. The number of aryl methyl sites for hydroxylation is 1. The quantitative estimate of drug-likeness (QED) is 0.234. The molecule has 2 aliphatic heterocycles. The third-order valence-electron chi connectivity index (χ3n) is 10.3. The van der Waals surface area contributed by atoms with E-state index in [-0.39, 0.29) is 22.3 Å². The summed E-state index contributed by atoms with van der Waals surface area (Å²) >= 11 is 0. The molecule has 0 N–H and O–H groups in total. The van der Waals surface area contributed by atoms with Crippen LogP contribution in [0.2, 0.25) is 0 Å². The van der Waals surface area contributed by atoms with Gasteiger partial charge < -0.3 is 19.1 Å². The van der Waals surface area contributed by atoms with Gasteiger partial charge in [0.15, 0.2) is 0 Å². The van der Waals surface area contributed by atoms with E-state index in [9.17, 15) is 18.0 Å². The fourth-order valence-corrected chi connectivity index (χ4v) is 7.91. The lowest BCUT2D eigenvalue weighted by Crippen LogP contribution is -2.61. The van der Waals surface area contributed by atoms with Gasteiger partial charge in [0.25, 0.3) is 0 Å². The van der Waals surface area contributed by atoms with Crippen LogP contribution in [0.5, 0.6) is 0 Å². The minimum atomic E-state index is -4.53. The van der Waals surface area contributed by atoms with Gasteiger partial charge in [0.05, 0.1) is 16.8 Å². The summed E-state index contributed by atoms with van der Waals surface area (Å²) in [6.45, 7) is 10.2. The van der Waals surface area contributed by atoms with E-state index in [1.165, 1.54) is 12.3 Å². The van der Waals surface area contributed by atoms with Gasteiger partial charge in [0, 0.05) is 67.7 Å². The van der Waals surface area contributed by atoms with Crippen molar-refractivity contribution in [2.45, 2.75) is 77.0 Å². The Morgan fingerprint density at radius 1 is 1.04 bits per heavy atom. The predicted molar refractivity (Wildman–Crippen MR) is 173 cm³/mol. The molecule has 4 heterocycles. The molecular weight excluding hydrogens is 607 g/mol. The SMILES string of the molecule is Cn1cnnc1C[C@]1(c2cccc(-n3cc4c(C(F)(F)F)cc(N5CC6(CCN(C(=O)OC(C)(C)C)CC6)C5)cc4n3)c2)C[C@H](C)C1. The van der Waals surface area contributed by atoms with E-state index in [1.807, 2.05) is 49.4 Å². The maximum Gasteiger partial charge on any atom is 0.417 e. The average Bonchev–Trinajstić information content (AvgIpc) is 3.58. The highest BCUT2D eigenvalue weighted by Gasteiger charge is 2.47. The second kappa shape index (κ2) is 11.0. The molecule has 2 aromatic heterocycles. The molecule has 1 saturated carbocycles. The second-order valence-corrected chi connectivity index (χ2v) is 15.2. The first kappa shape index (κ1) is 31.5. The molecule has 3 aliphatic rings. The van der Waals surface area contributed by atoms with E-state index >= 15 is 0 Å². The van der Waals surface area contributed by atoms with Crippen molar-refractivity contribution < 1.29 is 22.7 Å². The van der Waals surface area contributed by atoms with Gasteiger partial charge in [-0.3, -0.25) is 0 Å². The average molecular weight is 650 g/mol. The molecule has 2 aromatic carbocycles. The van der Waals surface area contributed by atoms with Crippen LogP contribution in [-0.2, 0) is 29.8 Å². The van der Waals surface area contributed by atoms with Crippen molar-refractivity contribution in [1.29, 1.82) is 0 Å². The van der Waals surface area contributed by atoms with Crippen molar-refractivity contribution in [3.63, 3.8) is 0 Å². The zero-order valence-corrected chi connectivity index (χ0v) is 27.6. The van der Waals surface area contributed by atoms with Crippen LogP contribution < -0.4 is 4.90 Å². The summed E-state index contributed by atoms with van der Waals surface area (Å²) in [6, 6.07) is 11.1. The van der Waals surface area contributed by atoms with Gasteiger partial charge in [-0.1, -0.05) is 19.1 Å². The summed E-state index contributed by atoms with van der Waals surface area (Å²) in [7, 11) is 1.94. The van der Waals surface area contributed by atoms with E-state index in [0.717, 1.165) is 49.2 Å². The summed E-state index contributed by atoms with van der Waals surface area (Å²) < 4.78 is 52.5. The number of benzene rings is 2. The van der Waals surface area contributed by atoms with Crippen molar-refractivity contribution in [3.8, 4) is 5.69 Å². The molecule has 2 saturated heterocycles. The number of aromatic nitrogens is 5. The maximum absolute atomic E-state index is 14.5. The molecule has 47 heavy (non-hydrogen) atoms. The van der Waals surface area contributed by atoms with Gasteiger partial charge in [-0.25, -0.2) is 9.48 Å². The molecule has 0 unspecified atom stereocenters. The fraction of sp³-hybridized carbons (Fsp3) is 0.543. The summed E-state index contributed by atoms with van der Waals surface area (Å²) in [5, 5.41) is 13.2. The van der Waals surface area contributed by atoms with Gasteiger partial charge >= 0.3 is 12.3 Å². The van der Waals surface area contributed by atoms with Gasteiger partial charge in [-0.05, 0) is 82.2 Å². The third-order valence-corrected chi connectivity index (χ3v) is 10.3. The van der Waals surface area contributed by atoms with Crippen LogP contribution in [0.25, 0.3) is 16.6 Å². The second-order valence-electron chi connectivity index (χ2n) is 15.2. The number of nitrogens with zero attached hydrogens (tertiary/aromatic N) is 7. The molecule has 1 spiro atoms. The van der Waals surface area contributed by atoms with Crippen LogP contribution in [0.3, 0.4) is 0 Å². The highest BCUT2D eigenvalue weighted by atomic mass is 19.4. The van der Waals surface area contributed by atoms with Crippen LogP contribution in [0, 0.1) is 11.3 Å². The van der Waals surface area contributed by atoms with Crippen molar-refractivity contribution in [2.75, 3.05) is 31.1 Å². The minimum absolute atomic E-state index is 0.0222. The number of carbonyl (C=O) groups is 1. The number of likely N-dealkylation sites (tertiary alicyclic amines) is 1. The number of carbonyl (C=O) groups excluding carboxylic acids is 1. The van der Waals surface area contributed by atoms with E-state index in [4.69, 9.17) is 9.84 Å². The molecule has 9 nitrogen and oxygen atoms in total. The summed E-state index contributed by atoms with van der Waals surface area (Å²) in [5.74, 6) is 1.49. The van der Waals surface area contributed by atoms with Crippen molar-refractivity contribution >= 4 is 22.7 Å². The smallest absolute Gasteiger partial charge is 0.417 e. The van der Waals surface area contributed by atoms with Crippen LogP contribution in [0.4, 0.5) is 23.7 Å². The van der Waals surface area contributed by atoms with E-state index in [2.05, 4.69) is 29.3 Å². The Balaban J connectivity index is 1.13. The number of amides is 1. The first-order valence-electron chi connectivity index (χ1n) is 16.4. The van der Waals surface area contributed by atoms with Crippen molar-refractivity contribution in [1.82, 2.24) is 29.4 Å². The number of hydrogen-bond acceptors (Lipinski definition) is 6. The molecule has 7 rings (SSSR count). The highest BCUT2D eigenvalue weighted by molar-refractivity contribution is 5.87. The van der Waals surface area contributed by atoms with Crippen LogP contribution >= 0.6 is 0 Å².